The molecule has 112 valence electrons. The molecule has 0 bridgehead atoms. The van der Waals surface area contributed by atoms with Gasteiger partial charge < -0.3 is 10.2 Å². The standard InChI is InChI=1S/C16H23N5/c1-12(2)21(11-13-5-7-17-8-6-13)15-4-3-14-16(20-15)19-10-9-18-14/h3-4,9-10,12-13,17H,5-8,11H2,1-2H3. The second kappa shape index (κ2) is 6.35. The fourth-order valence-electron chi connectivity index (χ4n) is 2.92. The largest absolute Gasteiger partial charge is 0.354 e. The topological polar surface area (TPSA) is 53.9 Å². The third kappa shape index (κ3) is 3.29. The van der Waals surface area contributed by atoms with E-state index >= 15 is 0 Å². The lowest BCUT2D eigenvalue weighted by Crippen LogP contribution is -2.40. The van der Waals surface area contributed by atoms with Gasteiger partial charge in [-0.3, -0.25) is 4.98 Å². The first kappa shape index (κ1) is 14.2. The predicted octanol–water partition coefficient (Wildman–Crippen LogP) is 2.24. The summed E-state index contributed by atoms with van der Waals surface area (Å²) < 4.78 is 0. The van der Waals surface area contributed by atoms with Crippen LogP contribution in [0.4, 0.5) is 5.82 Å². The van der Waals surface area contributed by atoms with E-state index in [4.69, 9.17) is 4.98 Å². The van der Waals surface area contributed by atoms with E-state index in [0.29, 0.717) is 6.04 Å². The number of pyridine rings is 1. The average molecular weight is 285 g/mol. The van der Waals surface area contributed by atoms with E-state index < -0.39 is 0 Å². The molecule has 1 fully saturated rings. The number of fused-ring (bicyclic) bond motifs is 1. The summed E-state index contributed by atoms with van der Waals surface area (Å²) in [5.74, 6) is 1.75. The van der Waals surface area contributed by atoms with Gasteiger partial charge in [0.15, 0.2) is 5.65 Å². The molecule has 2 aromatic heterocycles. The Labute approximate surface area is 125 Å². The van der Waals surface area contributed by atoms with Gasteiger partial charge in [0.05, 0.1) is 0 Å². The van der Waals surface area contributed by atoms with Crippen LogP contribution in [0, 0.1) is 5.92 Å². The summed E-state index contributed by atoms with van der Waals surface area (Å²) in [6, 6.07) is 4.52. The lowest BCUT2D eigenvalue weighted by atomic mass is 9.97. The molecule has 0 amide bonds. The van der Waals surface area contributed by atoms with Gasteiger partial charge in [-0.25, -0.2) is 9.97 Å². The molecule has 5 nitrogen and oxygen atoms in total. The van der Waals surface area contributed by atoms with Crippen LogP contribution < -0.4 is 10.2 Å². The summed E-state index contributed by atoms with van der Waals surface area (Å²) in [5, 5.41) is 3.43. The highest BCUT2D eigenvalue weighted by molar-refractivity contribution is 5.71. The Hall–Kier alpha value is -1.75. The van der Waals surface area contributed by atoms with Gasteiger partial charge in [0.1, 0.15) is 11.3 Å². The summed E-state index contributed by atoms with van der Waals surface area (Å²) in [5.41, 5.74) is 1.58. The van der Waals surface area contributed by atoms with Gasteiger partial charge in [-0.2, -0.15) is 0 Å². The third-order valence-corrected chi connectivity index (χ3v) is 4.15. The van der Waals surface area contributed by atoms with E-state index in [1.54, 1.807) is 12.4 Å². The molecule has 0 atom stereocenters. The minimum atomic E-state index is 0.432. The molecular formula is C16H23N5. The third-order valence-electron chi connectivity index (χ3n) is 4.15. The number of aromatic nitrogens is 3. The van der Waals surface area contributed by atoms with Gasteiger partial charge in [0.2, 0.25) is 0 Å². The van der Waals surface area contributed by atoms with Gasteiger partial charge in [-0.05, 0) is 57.8 Å². The number of hydrogen-bond acceptors (Lipinski definition) is 5. The maximum absolute atomic E-state index is 4.70. The predicted molar refractivity (Wildman–Crippen MR) is 85.4 cm³/mol. The monoisotopic (exact) mass is 285 g/mol. The van der Waals surface area contributed by atoms with E-state index in [9.17, 15) is 0 Å². The number of nitrogens with zero attached hydrogens (tertiary/aromatic N) is 4. The fourth-order valence-corrected chi connectivity index (χ4v) is 2.92. The number of piperidine rings is 1. The van der Waals surface area contributed by atoms with Crippen LogP contribution in [-0.2, 0) is 0 Å². The molecule has 5 heteroatoms. The first-order valence-corrected chi connectivity index (χ1v) is 7.79. The first-order chi connectivity index (χ1) is 10.2. The number of anilines is 1. The molecule has 0 aliphatic carbocycles. The smallest absolute Gasteiger partial charge is 0.180 e. The molecular weight excluding hydrogens is 262 g/mol. The van der Waals surface area contributed by atoms with Crippen LogP contribution in [0.5, 0.6) is 0 Å². The minimum absolute atomic E-state index is 0.432. The highest BCUT2D eigenvalue weighted by atomic mass is 15.2. The quantitative estimate of drug-likeness (QED) is 0.933. The molecule has 1 N–H and O–H groups in total. The van der Waals surface area contributed by atoms with Crippen molar-refractivity contribution in [1.82, 2.24) is 20.3 Å². The molecule has 1 saturated heterocycles. The van der Waals surface area contributed by atoms with E-state index in [1.807, 2.05) is 6.07 Å². The highest BCUT2D eigenvalue weighted by Crippen LogP contribution is 2.22. The maximum atomic E-state index is 4.70. The molecule has 1 aliphatic heterocycles. The summed E-state index contributed by atoms with van der Waals surface area (Å²) >= 11 is 0. The van der Waals surface area contributed by atoms with Crippen LogP contribution in [0.2, 0.25) is 0 Å². The average Bonchev–Trinajstić information content (AvgIpc) is 2.53. The Morgan fingerprint density at radius 1 is 1.19 bits per heavy atom. The van der Waals surface area contributed by atoms with Crippen molar-refractivity contribution in [2.24, 2.45) is 5.92 Å². The van der Waals surface area contributed by atoms with Crippen molar-refractivity contribution in [3.63, 3.8) is 0 Å². The van der Waals surface area contributed by atoms with Gasteiger partial charge in [0.25, 0.3) is 0 Å². The first-order valence-electron chi connectivity index (χ1n) is 7.79. The number of nitrogens with one attached hydrogen (secondary N) is 1. The van der Waals surface area contributed by atoms with Gasteiger partial charge in [-0.15, -0.1) is 0 Å². The number of hydrogen-bond donors (Lipinski definition) is 1. The molecule has 3 rings (SSSR count). The van der Waals surface area contributed by atoms with Crippen molar-refractivity contribution >= 4 is 17.0 Å². The van der Waals surface area contributed by atoms with Crippen molar-refractivity contribution in [3.8, 4) is 0 Å². The molecule has 0 saturated carbocycles. The van der Waals surface area contributed by atoms with Crippen molar-refractivity contribution in [3.05, 3.63) is 24.5 Å². The number of rotatable bonds is 4. The van der Waals surface area contributed by atoms with E-state index in [0.717, 1.165) is 42.5 Å². The van der Waals surface area contributed by atoms with Crippen LogP contribution in [0.1, 0.15) is 26.7 Å². The Bertz CT molecular complexity index is 592. The zero-order chi connectivity index (χ0) is 14.7. The lowest BCUT2D eigenvalue weighted by Gasteiger charge is -2.33. The van der Waals surface area contributed by atoms with Crippen LogP contribution in [0.25, 0.3) is 11.2 Å². The van der Waals surface area contributed by atoms with Crippen molar-refractivity contribution < 1.29 is 0 Å². The molecule has 0 unspecified atom stereocenters. The zero-order valence-corrected chi connectivity index (χ0v) is 12.8. The Morgan fingerprint density at radius 2 is 1.95 bits per heavy atom. The zero-order valence-electron chi connectivity index (χ0n) is 12.8. The molecule has 1 aliphatic rings. The molecule has 0 radical (unpaired) electrons. The van der Waals surface area contributed by atoms with Crippen LogP contribution in [-0.4, -0.2) is 40.6 Å². The van der Waals surface area contributed by atoms with E-state index in [2.05, 4.69) is 40.1 Å². The van der Waals surface area contributed by atoms with Gasteiger partial charge in [0, 0.05) is 25.0 Å². The summed E-state index contributed by atoms with van der Waals surface area (Å²) in [6.07, 6.45) is 5.90. The second-order valence-corrected chi connectivity index (χ2v) is 6.01. The second-order valence-electron chi connectivity index (χ2n) is 6.01. The molecule has 0 spiro atoms. The summed E-state index contributed by atoms with van der Waals surface area (Å²) in [6.45, 7) is 7.78. The fraction of sp³-hybridized carbons (Fsp3) is 0.562. The minimum Gasteiger partial charge on any atom is -0.354 e. The normalized spacial score (nSPS) is 16.5. The highest BCUT2D eigenvalue weighted by Gasteiger charge is 2.20. The lowest BCUT2D eigenvalue weighted by molar-refractivity contribution is 0.367. The maximum Gasteiger partial charge on any atom is 0.180 e. The van der Waals surface area contributed by atoms with Crippen LogP contribution in [0.3, 0.4) is 0 Å². The van der Waals surface area contributed by atoms with Crippen molar-refractivity contribution in [1.29, 1.82) is 0 Å². The molecule has 3 heterocycles. The molecule has 21 heavy (non-hydrogen) atoms. The summed E-state index contributed by atoms with van der Waals surface area (Å²) in [7, 11) is 0. The van der Waals surface area contributed by atoms with Gasteiger partial charge >= 0.3 is 0 Å². The van der Waals surface area contributed by atoms with Crippen LogP contribution in [0.15, 0.2) is 24.5 Å². The Morgan fingerprint density at radius 3 is 2.71 bits per heavy atom. The molecule has 0 aromatic carbocycles. The van der Waals surface area contributed by atoms with Crippen LogP contribution >= 0.6 is 0 Å². The summed E-state index contributed by atoms with van der Waals surface area (Å²) in [4.78, 5) is 15.7. The van der Waals surface area contributed by atoms with E-state index in [1.165, 1.54) is 12.8 Å². The molecule has 2 aromatic rings. The van der Waals surface area contributed by atoms with Crippen molar-refractivity contribution in [2.45, 2.75) is 32.7 Å². The SMILES string of the molecule is CC(C)N(CC1CCNCC1)c1ccc2nccnc2n1. The Balaban J connectivity index is 1.84. The Kier molecular flexibility index (Phi) is 4.29. The van der Waals surface area contributed by atoms with Crippen molar-refractivity contribution in [2.75, 3.05) is 24.5 Å². The van der Waals surface area contributed by atoms with Gasteiger partial charge in [-0.1, -0.05) is 0 Å². The van der Waals surface area contributed by atoms with E-state index in [-0.39, 0.29) is 0 Å².